The highest BCUT2D eigenvalue weighted by molar-refractivity contribution is 7.10. The Hall–Kier alpha value is -0.640. The molecule has 0 saturated heterocycles. The number of rotatable bonds is 4. The zero-order chi connectivity index (χ0) is 11.5. The molecule has 0 aromatic carbocycles. The average molecular weight is 251 g/mol. The van der Waals surface area contributed by atoms with Crippen molar-refractivity contribution < 1.29 is 0 Å². The van der Waals surface area contributed by atoms with Gasteiger partial charge in [-0.2, -0.15) is 11.3 Å². The molecule has 0 aliphatic rings. The van der Waals surface area contributed by atoms with Crippen LogP contribution in [-0.4, -0.2) is 6.04 Å². The fourth-order valence-electron chi connectivity index (χ4n) is 1.54. The van der Waals surface area contributed by atoms with Crippen LogP contribution in [0.5, 0.6) is 0 Å². The first kappa shape index (κ1) is 11.8. The smallest absolute Gasteiger partial charge is 0.0110 e. The van der Waals surface area contributed by atoms with E-state index in [0.29, 0.717) is 5.92 Å². The number of hydrogen-bond donors (Lipinski definition) is 1. The second-order valence-corrected chi connectivity index (χ2v) is 6.20. The van der Waals surface area contributed by atoms with Gasteiger partial charge in [-0.15, -0.1) is 11.3 Å². The summed E-state index contributed by atoms with van der Waals surface area (Å²) in [6.45, 7) is 4.36. The Morgan fingerprint density at radius 3 is 2.69 bits per heavy atom. The maximum atomic E-state index is 6.09. The van der Waals surface area contributed by atoms with E-state index >= 15 is 0 Å². The third-order valence-electron chi connectivity index (χ3n) is 2.80. The minimum Gasteiger partial charge on any atom is -0.327 e. The highest BCUT2D eigenvalue weighted by Crippen LogP contribution is 2.28. The Morgan fingerprint density at radius 2 is 2.06 bits per heavy atom. The van der Waals surface area contributed by atoms with Crippen molar-refractivity contribution in [3.8, 4) is 11.1 Å². The second-order valence-electron chi connectivity index (χ2n) is 4.43. The van der Waals surface area contributed by atoms with E-state index in [1.807, 2.05) is 11.3 Å². The molecule has 0 aliphatic carbocycles. The van der Waals surface area contributed by atoms with E-state index in [4.69, 9.17) is 5.73 Å². The fraction of sp³-hybridized carbons (Fsp3) is 0.385. The van der Waals surface area contributed by atoms with Gasteiger partial charge in [0.05, 0.1) is 0 Å². The molecule has 2 rings (SSSR count). The van der Waals surface area contributed by atoms with Crippen molar-refractivity contribution in [2.24, 2.45) is 11.7 Å². The highest BCUT2D eigenvalue weighted by atomic mass is 32.1. The lowest BCUT2D eigenvalue weighted by Gasteiger charge is -2.13. The van der Waals surface area contributed by atoms with Gasteiger partial charge in [-0.25, -0.2) is 0 Å². The van der Waals surface area contributed by atoms with Crippen LogP contribution in [0.2, 0.25) is 0 Å². The molecule has 86 valence electrons. The minimum atomic E-state index is 0.272. The van der Waals surface area contributed by atoms with Crippen LogP contribution in [0.25, 0.3) is 11.1 Å². The quantitative estimate of drug-likeness (QED) is 0.873. The zero-order valence-electron chi connectivity index (χ0n) is 9.64. The van der Waals surface area contributed by atoms with E-state index in [1.54, 1.807) is 11.3 Å². The summed E-state index contributed by atoms with van der Waals surface area (Å²) in [5.74, 6) is 0.548. The maximum absolute atomic E-state index is 6.09. The first-order valence-electron chi connectivity index (χ1n) is 5.52. The molecular weight excluding hydrogens is 234 g/mol. The lowest BCUT2D eigenvalue weighted by Crippen LogP contribution is -2.28. The number of nitrogens with two attached hydrogens (primary N) is 1. The van der Waals surface area contributed by atoms with Crippen molar-refractivity contribution in [2.75, 3.05) is 0 Å². The van der Waals surface area contributed by atoms with Gasteiger partial charge in [0.15, 0.2) is 0 Å². The van der Waals surface area contributed by atoms with Crippen LogP contribution < -0.4 is 5.73 Å². The normalized spacial score (nSPS) is 13.2. The minimum absolute atomic E-state index is 0.272. The van der Waals surface area contributed by atoms with E-state index in [9.17, 15) is 0 Å². The standard InChI is InChI=1S/C13H17NS2/c1-9(2)13(14)6-12-5-11(8-16-12)10-3-4-15-7-10/h3-5,7-9,13H,6,14H2,1-2H3. The summed E-state index contributed by atoms with van der Waals surface area (Å²) in [4.78, 5) is 1.39. The Morgan fingerprint density at radius 1 is 1.25 bits per heavy atom. The molecule has 0 amide bonds. The van der Waals surface area contributed by atoms with Crippen molar-refractivity contribution >= 4 is 22.7 Å². The third-order valence-corrected chi connectivity index (χ3v) is 4.44. The molecule has 2 N–H and O–H groups in total. The summed E-state index contributed by atoms with van der Waals surface area (Å²) >= 11 is 3.56. The molecular formula is C13H17NS2. The van der Waals surface area contributed by atoms with Gasteiger partial charge in [0.1, 0.15) is 0 Å². The molecule has 2 heterocycles. The molecule has 1 nitrogen and oxygen atoms in total. The molecule has 0 saturated carbocycles. The van der Waals surface area contributed by atoms with Gasteiger partial charge in [0.2, 0.25) is 0 Å². The van der Waals surface area contributed by atoms with E-state index < -0.39 is 0 Å². The van der Waals surface area contributed by atoms with Gasteiger partial charge in [0.25, 0.3) is 0 Å². The summed E-state index contributed by atoms with van der Waals surface area (Å²) < 4.78 is 0. The molecule has 16 heavy (non-hydrogen) atoms. The first-order valence-corrected chi connectivity index (χ1v) is 7.34. The summed E-state index contributed by atoms with van der Waals surface area (Å²) in [6, 6.07) is 4.71. The molecule has 2 aromatic heterocycles. The molecule has 0 radical (unpaired) electrons. The topological polar surface area (TPSA) is 26.0 Å². The average Bonchev–Trinajstić information content (AvgIpc) is 2.85. The predicted octanol–water partition coefficient (Wildman–Crippen LogP) is 4.00. The zero-order valence-corrected chi connectivity index (χ0v) is 11.3. The van der Waals surface area contributed by atoms with Crippen LogP contribution in [0, 0.1) is 5.92 Å². The van der Waals surface area contributed by atoms with Crippen LogP contribution >= 0.6 is 22.7 Å². The second kappa shape index (κ2) is 5.13. The molecule has 1 atom stereocenters. The molecule has 0 aliphatic heterocycles. The van der Waals surface area contributed by atoms with E-state index in [0.717, 1.165) is 6.42 Å². The van der Waals surface area contributed by atoms with Crippen LogP contribution in [0.3, 0.4) is 0 Å². The molecule has 2 aromatic rings. The van der Waals surface area contributed by atoms with Gasteiger partial charge in [0, 0.05) is 10.9 Å². The van der Waals surface area contributed by atoms with Crippen molar-refractivity contribution in [3.63, 3.8) is 0 Å². The van der Waals surface area contributed by atoms with Crippen molar-refractivity contribution in [1.82, 2.24) is 0 Å². The lowest BCUT2D eigenvalue weighted by molar-refractivity contribution is 0.493. The van der Waals surface area contributed by atoms with Crippen LogP contribution in [0.15, 0.2) is 28.3 Å². The molecule has 1 unspecified atom stereocenters. The van der Waals surface area contributed by atoms with Gasteiger partial charge in [-0.05, 0) is 51.7 Å². The Bertz CT molecular complexity index is 428. The van der Waals surface area contributed by atoms with Crippen LogP contribution in [0.4, 0.5) is 0 Å². The summed E-state index contributed by atoms with van der Waals surface area (Å²) in [5.41, 5.74) is 8.74. The number of hydrogen-bond acceptors (Lipinski definition) is 3. The Labute approximate surface area is 105 Å². The highest BCUT2D eigenvalue weighted by Gasteiger charge is 2.10. The van der Waals surface area contributed by atoms with Crippen molar-refractivity contribution in [1.29, 1.82) is 0 Å². The summed E-state index contributed by atoms with van der Waals surface area (Å²) in [5, 5.41) is 6.53. The van der Waals surface area contributed by atoms with E-state index in [2.05, 4.69) is 42.1 Å². The van der Waals surface area contributed by atoms with Gasteiger partial charge < -0.3 is 5.73 Å². The van der Waals surface area contributed by atoms with Gasteiger partial charge in [-0.3, -0.25) is 0 Å². The number of thiophene rings is 2. The lowest BCUT2D eigenvalue weighted by atomic mass is 10.0. The predicted molar refractivity (Wildman–Crippen MR) is 74.1 cm³/mol. The molecule has 0 spiro atoms. The first-order chi connectivity index (χ1) is 7.66. The summed E-state index contributed by atoms with van der Waals surface area (Å²) in [6.07, 6.45) is 0.993. The van der Waals surface area contributed by atoms with Crippen molar-refractivity contribution in [3.05, 3.63) is 33.2 Å². The monoisotopic (exact) mass is 251 g/mol. The maximum Gasteiger partial charge on any atom is 0.0110 e. The van der Waals surface area contributed by atoms with E-state index in [-0.39, 0.29) is 6.04 Å². The summed E-state index contributed by atoms with van der Waals surface area (Å²) in [7, 11) is 0. The SMILES string of the molecule is CC(C)C(N)Cc1cc(-c2ccsc2)cs1. The Balaban J connectivity index is 2.08. The Kier molecular flexibility index (Phi) is 3.79. The van der Waals surface area contributed by atoms with Crippen LogP contribution in [-0.2, 0) is 6.42 Å². The fourth-order valence-corrected chi connectivity index (χ4v) is 3.17. The molecule has 0 bridgehead atoms. The molecule has 0 fully saturated rings. The van der Waals surface area contributed by atoms with E-state index in [1.165, 1.54) is 16.0 Å². The van der Waals surface area contributed by atoms with Crippen LogP contribution in [0.1, 0.15) is 18.7 Å². The largest absolute Gasteiger partial charge is 0.327 e. The molecule has 3 heteroatoms. The van der Waals surface area contributed by atoms with Crippen molar-refractivity contribution in [2.45, 2.75) is 26.3 Å². The third kappa shape index (κ3) is 2.73. The van der Waals surface area contributed by atoms with Gasteiger partial charge >= 0.3 is 0 Å². The van der Waals surface area contributed by atoms with Gasteiger partial charge in [-0.1, -0.05) is 13.8 Å².